The molecule has 224 valence electrons. The smallest absolute Gasteiger partial charge is 0.352 e. The maximum absolute atomic E-state index is 13.8. The number of rotatable bonds is 10. The van der Waals surface area contributed by atoms with Gasteiger partial charge in [-0.3, -0.25) is 18.9 Å². The van der Waals surface area contributed by atoms with Gasteiger partial charge < -0.3 is 30.6 Å². The zero-order chi connectivity index (χ0) is 28.9. The average Bonchev–Trinajstić information content (AvgIpc) is 3.64. The van der Waals surface area contributed by atoms with Gasteiger partial charge in [0, 0.05) is 36.7 Å². The van der Waals surface area contributed by atoms with E-state index in [1.807, 2.05) is 13.8 Å². The summed E-state index contributed by atoms with van der Waals surface area (Å²) in [4.78, 5) is 62.3. The van der Waals surface area contributed by atoms with E-state index in [1.54, 1.807) is 48.5 Å². The molecule has 2 aliphatic rings. The van der Waals surface area contributed by atoms with Crippen LogP contribution in [-0.4, -0.2) is 64.6 Å². The van der Waals surface area contributed by atoms with Gasteiger partial charge in [0.2, 0.25) is 5.91 Å². The van der Waals surface area contributed by atoms with Gasteiger partial charge in [-0.15, -0.1) is 12.4 Å². The van der Waals surface area contributed by atoms with Gasteiger partial charge in [0.1, 0.15) is 0 Å². The van der Waals surface area contributed by atoms with E-state index in [-0.39, 0.29) is 42.2 Å². The minimum absolute atomic E-state index is 0. The maximum atomic E-state index is 13.8. The van der Waals surface area contributed by atoms with Crippen LogP contribution in [0.4, 0.5) is 0 Å². The third kappa shape index (κ3) is 6.52. The van der Waals surface area contributed by atoms with Gasteiger partial charge in [0.15, 0.2) is 5.28 Å². The van der Waals surface area contributed by atoms with Crippen molar-refractivity contribution in [1.29, 1.82) is 0 Å². The number of hydrogen-bond donors (Lipinski definition) is 5. The number of likely N-dealkylation sites (tertiary alicyclic amines) is 1. The molecule has 10 nitrogen and oxygen atoms in total. The molecule has 0 bridgehead atoms. The first kappa shape index (κ1) is 32.8. The Hall–Kier alpha value is -2.75. The molecule has 3 atom stereocenters. The Morgan fingerprint density at radius 3 is 1.93 bits per heavy atom. The number of halogens is 1. The van der Waals surface area contributed by atoms with E-state index >= 15 is 0 Å². The molecule has 5 N–H and O–H groups in total. The zero-order valence-corrected chi connectivity index (χ0v) is 25.2. The van der Waals surface area contributed by atoms with Crippen molar-refractivity contribution < 1.29 is 28.7 Å². The van der Waals surface area contributed by atoms with Gasteiger partial charge in [-0.25, -0.2) is 0 Å². The first-order valence-electron chi connectivity index (χ1n) is 14.0. The number of hydrogen-bond acceptors (Lipinski definition) is 5. The largest absolute Gasteiger partial charge is 0.356 e. The summed E-state index contributed by atoms with van der Waals surface area (Å²) in [6, 6.07) is 12.4. The molecule has 0 radical (unpaired) electrons. The highest BCUT2D eigenvalue weighted by atomic mass is 35.5. The zero-order valence-electron chi connectivity index (χ0n) is 23.5. The molecule has 0 unspecified atom stereocenters. The van der Waals surface area contributed by atoms with Crippen LogP contribution in [0.15, 0.2) is 48.5 Å². The van der Waals surface area contributed by atoms with Crippen molar-refractivity contribution in [2.45, 2.75) is 63.2 Å². The first-order chi connectivity index (χ1) is 19.1. The van der Waals surface area contributed by atoms with E-state index in [0.717, 1.165) is 19.3 Å². The van der Waals surface area contributed by atoms with E-state index in [9.17, 15) is 28.7 Å². The van der Waals surface area contributed by atoms with Crippen molar-refractivity contribution >= 4 is 37.7 Å². The van der Waals surface area contributed by atoms with E-state index < -0.39 is 24.8 Å². The van der Waals surface area contributed by atoms with Gasteiger partial charge >= 0.3 is 7.60 Å². The Morgan fingerprint density at radius 2 is 1.46 bits per heavy atom. The number of amides is 3. The predicted molar refractivity (Wildman–Crippen MR) is 159 cm³/mol. The highest BCUT2D eigenvalue weighted by Gasteiger charge is 2.63. The summed E-state index contributed by atoms with van der Waals surface area (Å²) in [6.07, 6.45) is 3.30. The van der Waals surface area contributed by atoms with Crippen molar-refractivity contribution in [2.24, 2.45) is 0 Å². The van der Waals surface area contributed by atoms with Crippen LogP contribution in [-0.2, 0) is 14.6 Å². The molecule has 2 aromatic carbocycles. The quantitative estimate of drug-likeness (QED) is 0.260. The molecular formula is C29H40ClN4O6P. The number of carbonyl (C=O) groups excluding carboxylic acids is 3. The molecule has 0 saturated carbocycles. The first-order valence-corrected chi connectivity index (χ1v) is 15.6. The number of nitrogens with one attached hydrogen (secondary N) is 3. The third-order valence-corrected chi connectivity index (χ3v) is 9.53. The second-order valence-electron chi connectivity index (χ2n) is 10.5. The van der Waals surface area contributed by atoms with Crippen LogP contribution in [0.1, 0.15) is 83.7 Å². The van der Waals surface area contributed by atoms with Crippen LogP contribution >= 0.6 is 20.0 Å². The van der Waals surface area contributed by atoms with Crippen molar-refractivity contribution in [1.82, 2.24) is 20.9 Å². The molecule has 0 aliphatic carbocycles. The minimum Gasteiger partial charge on any atom is -0.352 e. The molecule has 2 fully saturated rings. The Morgan fingerprint density at radius 1 is 0.927 bits per heavy atom. The summed E-state index contributed by atoms with van der Waals surface area (Å²) >= 11 is 0. The lowest BCUT2D eigenvalue weighted by Crippen LogP contribution is -2.52. The SMILES string of the molecule is CCCNC(=O)c1ccc([C@@H]2CCN(C(=O)[C@@H]3CCCN3)[C@@]2(c2ccc(C(=O)NCCC)cc2)P(=O)(O)O)cc1.Cl. The van der Waals surface area contributed by atoms with E-state index in [2.05, 4.69) is 16.0 Å². The molecule has 0 spiro atoms. The summed E-state index contributed by atoms with van der Waals surface area (Å²) in [5, 5.41) is 6.83. The molecule has 41 heavy (non-hydrogen) atoms. The Bertz CT molecular complexity index is 1260. The normalized spacial score (nSPS) is 22.2. The molecule has 2 aromatic rings. The summed E-state index contributed by atoms with van der Waals surface area (Å²) in [7, 11) is -5.04. The fourth-order valence-electron chi connectivity index (χ4n) is 5.88. The third-order valence-electron chi connectivity index (χ3n) is 7.83. The predicted octanol–water partition coefficient (Wildman–Crippen LogP) is 3.49. The van der Waals surface area contributed by atoms with Gasteiger partial charge in [0.25, 0.3) is 11.8 Å². The summed E-state index contributed by atoms with van der Waals surface area (Å²) < 4.78 is 13.7. The standard InChI is InChI=1S/C29H39N4O6P.ClH/c1-3-16-31-26(34)21-9-7-20(8-10-21)24-15-19-33(28(36)25-6-5-18-30-25)29(24,40(37,38)39)23-13-11-22(12-14-23)27(35)32-17-4-2;/h7-14,24-25,30H,3-6,15-19H2,1-2H3,(H,31,34)(H,32,35)(H2,37,38,39);1H/t24-,25-,29-;/m0./s1. The fraction of sp³-hybridized carbons (Fsp3) is 0.483. The lowest BCUT2D eigenvalue weighted by Gasteiger charge is -2.44. The highest BCUT2D eigenvalue weighted by Crippen LogP contribution is 2.68. The van der Waals surface area contributed by atoms with Gasteiger partial charge in [0.05, 0.1) is 6.04 Å². The van der Waals surface area contributed by atoms with Gasteiger partial charge in [-0.2, -0.15) is 0 Å². The summed E-state index contributed by atoms with van der Waals surface area (Å²) in [6.45, 7) is 5.79. The maximum Gasteiger partial charge on any atom is 0.356 e. The number of carbonyl (C=O) groups is 3. The molecule has 2 heterocycles. The van der Waals surface area contributed by atoms with E-state index in [1.165, 1.54) is 4.90 Å². The molecule has 2 saturated heterocycles. The molecule has 12 heteroatoms. The minimum atomic E-state index is -5.04. The van der Waals surface area contributed by atoms with Crippen LogP contribution < -0.4 is 16.0 Å². The summed E-state index contributed by atoms with van der Waals surface area (Å²) in [5.74, 6) is -1.58. The Kier molecular flexibility index (Phi) is 11.1. The molecule has 3 amide bonds. The van der Waals surface area contributed by atoms with E-state index in [0.29, 0.717) is 49.2 Å². The molecule has 2 aliphatic heterocycles. The number of benzene rings is 2. The monoisotopic (exact) mass is 606 g/mol. The van der Waals surface area contributed by atoms with Gasteiger partial charge in [-0.1, -0.05) is 38.1 Å². The summed E-state index contributed by atoms with van der Waals surface area (Å²) in [5.41, 5.74) is 1.70. The Balaban J connectivity index is 0.00000462. The van der Waals surface area contributed by atoms with Crippen molar-refractivity contribution in [2.75, 3.05) is 26.2 Å². The lowest BCUT2D eigenvalue weighted by atomic mass is 9.85. The fourth-order valence-corrected chi connectivity index (χ4v) is 7.56. The van der Waals surface area contributed by atoms with Crippen molar-refractivity contribution in [3.8, 4) is 0 Å². The number of nitrogens with zero attached hydrogens (tertiary/aromatic N) is 1. The molecular weight excluding hydrogens is 567 g/mol. The average molecular weight is 607 g/mol. The van der Waals surface area contributed by atoms with Gasteiger partial charge in [-0.05, 0) is 74.0 Å². The topological polar surface area (TPSA) is 148 Å². The Labute approximate surface area is 247 Å². The van der Waals surface area contributed by atoms with Crippen LogP contribution in [0, 0.1) is 0 Å². The van der Waals surface area contributed by atoms with Crippen LogP contribution in [0.3, 0.4) is 0 Å². The van der Waals surface area contributed by atoms with Crippen molar-refractivity contribution in [3.63, 3.8) is 0 Å². The lowest BCUT2D eigenvalue weighted by molar-refractivity contribution is -0.136. The second kappa shape index (κ2) is 13.9. The van der Waals surface area contributed by atoms with Crippen LogP contribution in [0.25, 0.3) is 0 Å². The molecule has 0 aromatic heterocycles. The highest BCUT2D eigenvalue weighted by molar-refractivity contribution is 7.53. The molecule has 4 rings (SSSR count). The van der Waals surface area contributed by atoms with Crippen LogP contribution in [0.5, 0.6) is 0 Å². The second-order valence-corrected chi connectivity index (χ2v) is 12.2. The van der Waals surface area contributed by atoms with Crippen molar-refractivity contribution in [3.05, 3.63) is 70.8 Å². The van der Waals surface area contributed by atoms with E-state index in [4.69, 9.17) is 0 Å². The van der Waals surface area contributed by atoms with Crippen LogP contribution in [0.2, 0.25) is 0 Å².